The third-order valence-corrected chi connectivity index (χ3v) is 3.58. The molecule has 3 unspecified atom stereocenters. The lowest BCUT2D eigenvalue weighted by molar-refractivity contribution is 0.104. The number of aliphatic hydroxyl groups excluding tert-OH is 1. The van der Waals surface area contributed by atoms with Crippen LogP contribution in [0.4, 0.5) is 0 Å². The van der Waals surface area contributed by atoms with Crippen molar-refractivity contribution in [3.05, 3.63) is 0 Å². The van der Waals surface area contributed by atoms with E-state index in [9.17, 15) is 0 Å². The lowest BCUT2D eigenvalue weighted by atomic mass is 9.93. The molecule has 0 amide bonds. The van der Waals surface area contributed by atoms with Crippen molar-refractivity contribution in [2.45, 2.75) is 51.6 Å². The van der Waals surface area contributed by atoms with Gasteiger partial charge in [-0.3, -0.25) is 0 Å². The van der Waals surface area contributed by atoms with Crippen molar-refractivity contribution in [3.63, 3.8) is 0 Å². The number of nitrogens with two attached hydrogens (primary N) is 1. The number of hydrogen-bond donors (Lipinski definition) is 2. The van der Waals surface area contributed by atoms with Crippen molar-refractivity contribution in [1.29, 1.82) is 0 Å². The van der Waals surface area contributed by atoms with E-state index < -0.39 is 5.54 Å². The Kier molecular flexibility index (Phi) is 4.56. The first kappa shape index (κ1) is 12.9. The first-order valence-corrected chi connectivity index (χ1v) is 6.08. The normalized spacial score (nSPS) is 32.6. The van der Waals surface area contributed by atoms with E-state index in [1.165, 1.54) is 19.4 Å². The van der Waals surface area contributed by atoms with Gasteiger partial charge in [-0.15, -0.1) is 0 Å². The smallest absolute Gasteiger partial charge is 0.0608 e. The van der Waals surface area contributed by atoms with Gasteiger partial charge in [-0.1, -0.05) is 6.92 Å². The predicted molar refractivity (Wildman–Crippen MR) is 63.7 cm³/mol. The third kappa shape index (κ3) is 4.09. The van der Waals surface area contributed by atoms with Crippen LogP contribution in [0.5, 0.6) is 0 Å². The molecule has 0 radical (unpaired) electrons. The zero-order chi connectivity index (χ0) is 11.5. The molecule has 0 aromatic carbocycles. The fraction of sp³-hybridized carbons (Fsp3) is 1.00. The summed E-state index contributed by atoms with van der Waals surface area (Å²) in [5.41, 5.74) is 5.52. The zero-order valence-corrected chi connectivity index (χ0v) is 10.4. The average Bonchev–Trinajstić information content (AvgIpc) is 2.20. The Morgan fingerprint density at radius 2 is 2.07 bits per heavy atom. The molecule has 0 aromatic rings. The minimum atomic E-state index is -0.416. The van der Waals surface area contributed by atoms with E-state index in [2.05, 4.69) is 18.7 Å². The topological polar surface area (TPSA) is 49.5 Å². The number of aliphatic hydroxyl groups is 1. The molecule has 1 fully saturated rings. The monoisotopic (exact) mass is 214 g/mol. The summed E-state index contributed by atoms with van der Waals surface area (Å²) < 4.78 is 0. The largest absolute Gasteiger partial charge is 0.394 e. The maximum absolute atomic E-state index is 9.10. The third-order valence-electron chi connectivity index (χ3n) is 3.58. The van der Waals surface area contributed by atoms with Gasteiger partial charge in [0.1, 0.15) is 0 Å². The minimum absolute atomic E-state index is 0.0742. The summed E-state index contributed by atoms with van der Waals surface area (Å²) in [4.78, 5) is 2.51. The van der Waals surface area contributed by atoms with Gasteiger partial charge < -0.3 is 15.7 Å². The molecule has 0 bridgehead atoms. The van der Waals surface area contributed by atoms with Gasteiger partial charge in [-0.2, -0.15) is 0 Å². The van der Waals surface area contributed by atoms with Gasteiger partial charge in [-0.25, -0.2) is 0 Å². The highest BCUT2D eigenvalue weighted by Crippen LogP contribution is 2.22. The van der Waals surface area contributed by atoms with E-state index in [-0.39, 0.29) is 6.61 Å². The molecule has 1 aliphatic heterocycles. The summed E-state index contributed by atoms with van der Waals surface area (Å²) in [7, 11) is 0. The van der Waals surface area contributed by atoms with Gasteiger partial charge in [0.2, 0.25) is 0 Å². The Labute approximate surface area is 93.6 Å². The lowest BCUT2D eigenvalue weighted by Gasteiger charge is -2.38. The van der Waals surface area contributed by atoms with E-state index in [1.807, 2.05) is 6.92 Å². The van der Waals surface area contributed by atoms with E-state index >= 15 is 0 Å². The molecule has 0 spiro atoms. The SMILES string of the molecule is CC1CCC(C)N(CCC(C)(N)CO)C1. The summed E-state index contributed by atoms with van der Waals surface area (Å²) in [5, 5.41) is 9.10. The quantitative estimate of drug-likeness (QED) is 0.739. The highest BCUT2D eigenvalue weighted by atomic mass is 16.3. The second-order valence-electron chi connectivity index (χ2n) is 5.59. The number of likely N-dealkylation sites (tertiary alicyclic amines) is 1. The van der Waals surface area contributed by atoms with Crippen LogP contribution in [-0.4, -0.2) is 41.3 Å². The Hall–Kier alpha value is -0.120. The molecule has 0 saturated carbocycles. The summed E-state index contributed by atoms with van der Waals surface area (Å²) in [6.07, 6.45) is 3.51. The van der Waals surface area contributed by atoms with E-state index in [4.69, 9.17) is 10.8 Å². The Balaban J connectivity index is 2.36. The maximum Gasteiger partial charge on any atom is 0.0608 e. The van der Waals surface area contributed by atoms with Gasteiger partial charge in [0.15, 0.2) is 0 Å². The summed E-state index contributed by atoms with van der Waals surface area (Å²) in [5.74, 6) is 0.805. The second kappa shape index (κ2) is 5.28. The fourth-order valence-electron chi connectivity index (χ4n) is 2.17. The average molecular weight is 214 g/mol. The van der Waals surface area contributed by atoms with Crippen LogP contribution in [0.1, 0.15) is 40.0 Å². The number of nitrogens with zero attached hydrogens (tertiary/aromatic N) is 1. The molecule has 3 nitrogen and oxygen atoms in total. The maximum atomic E-state index is 9.10. The Morgan fingerprint density at radius 1 is 1.40 bits per heavy atom. The predicted octanol–water partition coefficient (Wildman–Crippen LogP) is 1.21. The van der Waals surface area contributed by atoms with Crippen molar-refractivity contribution in [3.8, 4) is 0 Å². The van der Waals surface area contributed by atoms with E-state index in [1.54, 1.807) is 0 Å². The van der Waals surface area contributed by atoms with Gasteiger partial charge in [0.05, 0.1) is 6.61 Å². The van der Waals surface area contributed by atoms with Crippen LogP contribution in [0.3, 0.4) is 0 Å². The molecule has 1 rings (SSSR count). The number of rotatable bonds is 4. The highest BCUT2D eigenvalue weighted by Gasteiger charge is 2.25. The van der Waals surface area contributed by atoms with Crippen molar-refractivity contribution in [2.24, 2.45) is 11.7 Å². The van der Waals surface area contributed by atoms with Crippen LogP contribution >= 0.6 is 0 Å². The van der Waals surface area contributed by atoms with Gasteiger partial charge >= 0.3 is 0 Å². The molecule has 1 saturated heterocycles. The first-order chi connectivity index (χ1) is 6.94. The lowest BCUT2D eigenvalue weighted by Crippen LogP contribution is -2.47. The molecule has 15 heavy (non-hydrogen) atoms. The van der Waals surface area contributed by atoms with Gasteiger partial charge in [0, 0.05) is 24.7 Å². The molecule has 3 heteroatoms. The van der Waals surface area contributed by atoms with Crippen molar-refractivity contribution in [2.75, 3.05) is 19.7 Å². The molecular formula is C12H26N2O. The van der Waals surface area contributed by atoms with Crippen molar-refractivity contribution in [1.82, 2.24) is 4.90 Å². The van der Waals surface area contributed by atoms with E-state index in [0.29, 0.717) is 6.04 Å². The fourth-order valence-corrected chi connectivity index (χ4v) is 2.17. The first-order valence-electron chi connectivity index (χ1n) is 6.08. The van der Waals surface area contributed by atoms with Crippen molar-refractivity contribution >= 4 is 0 Å². The van der Waals surface area contributed by atoms with Gasteiger partial charge in [-0.05, 0) is 39.0 Å². The molecule has 90 valence electrons. The summed E-state index contributed by atoms with van der Waals surface area (Å²) in [6, 6.07) is 0.677. The van der Waals surface area contributed by atoms with E-state index in [0.717, 1.165) is 18.9 Å². The molecule has 3 N–H and O–H groups in total. The standard InChI is InChI=1S/C12H26N2O/c1-10-4-5-11(2)14(8-10)7-6-12(3,13)9-15/h10-11,15H,4-9,13H2,1-3H3. The summed E-state index contributed by atoms with van der Waals surface area (Å²) >= 11 is 0. The molecular weight excluding hydrogens is 188 g/mol. The number of hydrogen-bond acceptors (Lipinski definition) is 3. The van der Waals surface area contributed by atoms with Crippen LogP contribution in [-0.2, 0) is 0 Å². The summed E-state index contributed by atoms with van der Waals surface area (Å²) in [6.45, 7) is 8.79. The minimum Gasteiger partial charge on any atom is -0.394 e. The Morgan fingerprint density at radius 3 is 2.67 bits per heavy atom. The molecule has 0 aromatic heterocycles. The number of piperidine rings is 1. The Bertz CT molecular complexity index is 194. The molecule has 1 heterocycles. The molecule has 1 aliphatic rings. The van der Waals surface area contributed by atoms with Crippen LogP contribution in [0, 0.1) is 5.92 Å². The second-order valence-corrected chi connectivity index (χ2v) is 5.59. The van der Waals surface area contributed by atoms with Crippen molar-refractivity contribution < 1.29 is 5.11 Å². The van der Waals surface area contributed by atoms with Crippen LogP contribution in [0.2, 0.25) is 0 Å². The zero-order valence-electron chi connectivity index (χ0n) is 10.4. The van der Waals surface area contributed by atoms with Crippen LogP contribution in [0.25, 0.3) is 0 Å². The van der Waals surface area contributed by atoms with Gasteiger partial charge in [0.25, 0.3) is 0 Å². The highest BCUT2D eigenvalue weighted by molar-refractivity contribution is 4.82. The van der Waals surface area contributed by atoms with Crippen LogP contribution in [0.15, 0.2) is 0 Å². The molecule has 0 aliphatic carbocycles. The molecule has 3 atom stereocenters. The van der Waals surface area contributed by atoms with Crippen LogP contribution < -0.4 is 5.73 Å².